The van der Waals surface area contributed by atoms with E-state index in [0.717, 1.165) is 26.1 Å². The van der Waals surface area contributed by atoms with Crippen LogP contribution >= 0.6 is 0 Å². The Kier molecular flexibility index (Phi) is 4.75. The fourth-order valence-corrected chi connectivity index (χ4v) is 4.36. The van der Waals surface area contributed by atoms with E-state index in [9.17, 15) is 0 Å². The number of likely N-dealkylation sites (tertiary alicyclic amines) is 1. The first kappa shape index (κ1) is 16.6. The van der Waals surface area contributed by atoms with E-state index < -0.39 is 0 Å². The Labute approximate surface area is 150 Å². The smallest absolute Gasteiger partial charge is 0.150 e. The van der Waals surface area contributed by atoms with Crippen LogP contribution in [-0.2, 0) is 19.5 Å². The number of hydrogen-bond acceptors (Lipinski definition) is 4. The van der Waals surface area contributed by atoms with Gasteiger partial charge >= 0.3 is 0 Å². The molecule has 1 fully saturated rings. The van der Waals surface area contributed by atoms with Crippen molar-refractivity contribution >= 4 is 5.69 Å². The average molecular weight is 339 g/mol. The second kappa shape index (κ2) is 7.16. The second-order valence-corrected chi connectivity index (χ2v) is 7.59. The summed E-state index contributed by atoms with van der Waals surface area (Å²) in [6.45, 7) is 3.23. The largest absolute Gasteiger partial charge is 0.377 e. The molecule has 0 spiro atoms. The van der Waals surface area contributed by atoms with Crippen LogP contribution in [0.5, 0.6) is 0 Å². The van der Waals surface area contributed by atoms with Crippen molar-refractivity contribution in [2.24, 2.45) is 0 Å². The van der Waals surface area contributed by atoms with Gasteiger partial charge in [0.25, 0.3) is 0 Å². The van der Waals surface area contributed by atoms with Crippen LogP contribution in [0, 0.1) is 0 Å². The van der Waals surface area contributed by atoms with Crippen LogP contribution in [0.2, 0.25) is 0 Å². The summed E-state index contributed by atoms with van der Waals surface area (Å²) >= 11 is 0. The van der Waals surface area contributed by atoms with Crippen molar-refractivity contribution < 1.29 is 0 Å². The number of para-hydroxylation sites is 1. The highest BCUT2D eigenvalue weighted by Gasteiger charge is 2.31. The summed E-state index contributed by atoms with van der Waals surface area (Å²) in [6, 6.07) is 9.16. The fourth-order valence-electron chi connectivity index (χ4n) is 4.36. The first-order chi connectivity index (χ1) is 12.2. The molecule has 1 saturated heterocycles. The van der Waals surface area contributed by atoms with E-state index in [1.54, 1.807) is 0 Å². The molecule has 0 bridgehead atoms. The van der Waals surface area contributed by atoms with Crippen molar-refractivity contribution in [3.63, 3.8) is 0 Å². The number of anilines is 1. The molecule has 5 heteroatoms. The maximum atomic E-state index is 4.63. The zero-order valence-corrected chi connectivity index (χ0v) is 15.5. The molecule has 25 heavy (non-hydrogen) atoms. The molecule has 0 N–H and O–H groups in total. The predicted octanol–water partition coefficient (Wildman–Crippen LogP) is 3.41. The molecule has 5 nitrogen and oxygen atoms in total. The number of aromatic nitrogens is 3. The van der Waals surface area contributed by atoms with Crippen LogP contribution in [0.1, 0.15) is 55.4 Å². The lowest BCUT2D eigenvalue weighted by molar-refractivity contribution is 0.234. The van der Waals surface area contributed by atoms with Crippen molar-refractivity contribution in [1.82, 2.24) is 19.7 Å². The van der Waals surface area contributed by atoms with Gasteiger partial charge in [0.05, 0.1) is 6.04 Å². The van der Waals surface area contributed by atoms with Gasteiger partial charge in [0.15, 0.2) is 0 Å². The summed E-state index contributed by atoms with van der Waals surface area (Å²) in [6.07, 6.45) is 7.35. The van der Waals surface area contributed by atoms with Crippen LogP contribution in [0.4, 0.5) is 5.69 Å². The van der Waals surface area contributed by atoms with Crippen LogP contribution in [0.25, 0.3) is 0 Å². The Bertz CT molecular complexity index is 721. The van der Waals surface area contributed by atoms with Gasteiger partial charge in [-0.15, -0.1) is 10.2 Å². The van der Waals surface area contributed by atoms with Crippen LogP contribution in [-0.4, -0.2) is 40.3 Å². The van der Waals surface area contributed by atoms with Gasteiger partial charge in [-0.05, 0) is 43.9 Å². The first-order valence-corrected chi connectivity index (χ1v) is 9.65. The third kappa shape index (κ3) is 3.30. The van der Waals surface area contributed by atoms with E-state index in [0.29, 0.717) is 6.04 Å². The third-order valence-electron chi connectivity index (χ3n) is 5.65. The van der Waals surface area contributed by atoms with Crippen molar-refractivity contribution in [3.05, 3.63) is 41.5 Å². The molecular weight excluding hydrogens is 310 g/mol. The van der Waals surface area contributed by atoms with Crippen molar-refractivity contribution in [2.75, 3.05) is 25.5 Å². The minimum Gasteiger partial charge on any atom is -0.377 e. The predicted molar refractivity (Wildman–Crippen MR) is 101 cm³/mol. The Hall–Kier alpha value is -1.88. The molecule has 2 aromatic rings. The molecule has 3 heterocycles. The van der Waals surface area contributed by atoms with E-state index in [-0.39, 0.29) is 0 Å². The highest BCUT2D eigenvalue weighted by molar-refractivity contribution is 5.52. The summed E-state index contributed by atoms with van der Waals surface area (Å²) in [7, 11) is 4.25. The quantitative estimate of drug-likeness (QED) is 0.855. The molecule has 0 aliphatic carbocycles. The molecule has 2 aliphatic rings. The Morgan fingerprint density at radius 3 is 2.80 bits per heavy atom. The molecule has 0 radical (unpaired) electrons. The van der Waals surface area contributed by atoms with Gasteiger partial charge in [-0.3, -0.25) is 4.90 Å². The van der Waals surface area contributed by atoms with E-state index in [2.05, 4.69) is 62.9 Å². The standard InChI is InChI=1S/C20H29N5/c1-23(2)17-10-6-5-9-16(17)15-24-13-8-11-18(24)20-22-21-19-12-4-3-7-14-25(19)20/h5-6,9-10,18H,3-4,7-8,11-15H2,1-2H3/t18-/m0/s1. The van der Waals surface area contributed by atoms with Crippen molar-refractivity contribution in [1.29, 1.82) is 0 Å². The molecule has 1 atom stereocenters. The van der Waals surface area contributed by atoms with Crippen LogP contribution in [0.15, 0.2) is 24.3 Å². The van der Waals surface area contributed by atoms with Crippen molar-refractivity contribution in [3.8, 4) is 0 Å². The van der Waals surface area contributed by atoms with E-state index in [1.165, 1.54) is 55.0 Å². The number of hydrogen-bond donors (Lipinski definition) is 0. The van der Waals surface area contributed by atoms with Crippen LogP contribution < -0.4 is 4.90 Å². The average Bonchev–Trinajstić information content (AvgIpc) is 3.15. The highest BCUT2D eigenvalue weighted by Crippen LogP contribution is 2.34. The minimum atomic E-state index is 0.412. The third-order valence-corrected chi connectivity index (χ3v) is 5.65. The van der Waals surface area contributed by atoms with Crippen LogP contribution in [0.3, 0.4) is 0 Å². The molecular formula is C20H29N5. The maximum Gasteiger partial charge on any atom is 0.150 e. The Morgan fingerprint density at radius 2 is 1.92 bits per heavy atom. The lowest BCUT2D eigenvalue weighted by Gasteiger charge is -2.26. The molecule has 1 aromatic carbocycles. The number of aryl methyl sites for hydroxylation is 1. The van der Waals surface area contributed by atoms with Gasteiger partial charge in [0, 0.05) is 39.3 Å². The zero-order valence-electron chi connectivity index (χ0n) is 15.5. The van der Waals surface area contributed by atoms with E-state index in [1.807, 2.05) is 0 Å². The summed E-state index contributed by atoms with van der Waals surface area (Å²) in [5.74, 6) is 2.41. The molecule has 0 amide bonds. The molecule has 4 rings (SSSR count). The normalized spacial score (nSPS) is 21.1. The van der Waals surface area contributed by atoms with Gasteiger partial charge in [0.2, 0.25) is 0 Å². The Balaban J connectivity index is 1.59. The highest BCUT2D eigenvalue weighted by atomic mass is 15.3. The minimum absolute atomic E-state index is 0.412. The number of rotatable bonds is 4. The first-order valence-electron chi connectivity index (χ1n) is 9.65. The van der Waals surface area contributed by atoms with Crippen molar-refractivity contribution in [2.45, 2.75) is 57.7 Å². The number of nitrogens with zero attached hydrogens (tertiary/aromatic N) is 5. The lowest BCUT2D eigenvalue weighted by atomic mass is 10.1. The fraction of sp³-hybridized carbons (Fsp3) is 0.600. The Morgan fingerprint density at radius 1 is 1.04 bits per heavy atom. The molecule has 0 saturated carbocycles. The summed E-state index contributed by atoms with van der Waals surface area (Å²) in [5, 5.41) is 9.16. The zero-order chi connectivity index (χ0) is 17.2. The van der Waals surface area contributed by atoms with Gasteiger partial charge in [-0.2, -0.15) is 0 Å². The summed E-state index contributed by atoms with van der Waals surface area (Å²) in [5.41, 5.74) is 2.71. The monoisotopic (exact) mass is 339 g/mol. The lowest BCUT2D eigenvalue weighted by Crippen LogP contribution is -2.26. The molecule has 2 aliphatic heterocycles. The SMILES string of the molecule is CN(C)c1ccccc1CN1CCC[C@H]1c1nnc2n1CCCCC2. The van der Waals surface area contributed by atoms with E-state index in [4.69, 9.17) is 0 Å². The molecule has 0 unspecified atom stereocenters. The number of benzene rings is 1. The van der Waals surface area contributed by atoms with E-state index >= 15 is 0 Å². The van der Waals surface area contributed by atoms with Gasteiger partial charge in [-0.25, -0.2) is 0 Å². The molecule has 1 aromatic heterocycles. The summed E-state index contributed by atoms with van der Waals surface area (Å²) in [4.78, 5) is 4.81. The van der Waals surface area contributed by atoms with Gasteiger partial charge in [-0.1, -0.05) is 24.6 Å². The van der Waals surface area contributed by atoms with Gasteiger partial charge in [0.1, 0.15) is 11.6 Å². The number of fused-ring (bicyclic) bond motifs is 1. The second-order valence-electron chi connectivity index (χ2n) is 7.59. The topological polar surface area (TPSA) is 37.2 Å². The maximum absolute atomic E-state index is 4.63. The summed E-state index contributed by atoms with van der Waals surface area (Å²) < 4.78 is 2.42. The molecule has 134 valence electrons. The van der Waals surface area contributed by atoms with Gasteiger partial charge < -0.3 is 9.47 Å².